The number of thioether (sulfide) groups is 1. The molecule has 1 aromatic carbocycles. The summed E-state index contributed by atoms with van der Waals surface area (Å²) in [5, 5.41) is 1.10. The second-order valence-electron chi connectivity index (χ2n) is 7.78. The van der Waals surface area contributed by atoms with E-state index in [4.69, 9.17) is 19.2 Å². The first-order chi connectivity index (χ1) is 15.4. The van der Waals surface area contributed by atoms with Crippen LogP contribution in [0.1, 0.15) is 37.6 Å². The van der Waals surface area contributed by atoms with Crippen molar-refractivity contribution in [3.05, 3.63) is 45.1 Å². The van der Waals surface area contributed by atoms with Gasteiger partial charge in [-0.3, -0.25) is 14.2 Å². The minimum Gasteiger partial charge on any atom is -0.497 e. The lowest BCUT2D eigenvalue weighted by Crippen LogP contribution is -2.34. The van der Waals surface area contributed by atoms with Crippen LogP contribution in [0.3, 0.4) is 0 Å². The molecule has 0 aliphatic carbocycles. The minimum absolute atomic E-state index is 0.0735. The molecule has 1 aliphatic rings. The van der Waals surface area contributed by atoms with E-state index in [9.17, 15) is 9.59 Å². The number of benzene rings is 1. The molecule has 4 rings (SSSR count). The number of carbonyl (C=O) groups is 1. The molecular formula is C23H26N2O5S2. The Bertz CT molecular complexity index is 1200. The van der Waals surface area contributed by atoms with Gasteiger partial charge in [0.25, 0.3) is 5.56 Å². The van der Waals surface area contributed by atoms with Gasteiger partial charge in [-0.25, -0.2) is 4.98 Å². The highest BCUT2D eigenvalue weighted by Crippen LogP contribution is 2.39. The van der Waals surface area contributed by atoms with Gasteiger partial charge in [-0.15, -0.1) is 11.3 Å². The van der Waals surface area contributed by atoms with E-state index in [0.717, 1.165) is 16.9 Å². The number of thiophene rings is 1. The molecule has 0 bridgehead atoms. The van der Waals surface area contributed by atoms with Gasteiger partial charge in [-0.05, 0) is 50.1 Å². The van der Waals surface area contributed by atoms with Crippen LogP contribution in [0.25, 0.3) is 15.9 Å². The summed E-state index contributed by atoms with van der Waals surface area (Å²) in [6.45, 7) is 6.73. The number of ether oxygens (including phenoxy) is 3. The molecule has 0 unspecified atom stereocenters. The summed E-state index contributed by atoms with van der Waals surface area (Å²) in [5.74, 6) is 0.426. The molecule has 9 heteroatoms. The third kappa shape index (κ3) is 4.29. The van der Waals surface area contributed by atoms with Crippen molar-refractivity contribution in [1.82, 2.24) is 9.55 Å². The van der Waals surface area contributed by atoms with Crippen molar-refractivity contribution in [1.29, 1.82) is 0 Å². The molecule has 1 atom stereocenters. The zero-order valence-electron chi connectivity index (χ0n) is 18.6. The van der Waals surface area contributed by atoms with E-state index in [2.05, 4.69) is 13.8 Å². The Labute approximate surface area is 194 Å². The first-order valence-corrected chi connectivity index (χ1v) is 12.3. The van der Waals surface area contributed by atoms with Crippen LogP contribution in [-0.2, 0) is 27.3 Å². The average molecular weight is 475 g/mol. The standard InChI is InChI=1S/C23H26N2O5S2/c1-5-23(3)11-16-17(12-30-23)32-20-19(16)21(27)25(14-7-9-15(28-4)10-8-14)22(24-20)31-13-18(26)29-6-2/h7-10H,5-6,11-13H2,1-4H3/t23-/m1/s1. The molecule has 0 radical (unpaired) electrons. The first-order valence-electron chi connectivity index (χ1n) is 10.5. The number of fused-ring (bicyclic) bond motifs is 3. The van der Waals surface area contributed by atoms with E-state index >= 15 is 0 Å². The van der Waals surface area contributed by atoms with Gasteiger partial charge in [0.2, 0.25) is 0 Å². The maximum absolute atomic E-state index is 13.8. The normalized spacial score (nSPS) is 17.9. The smallest absolute Gasteiger partial charge is 0.316 e. The van der Waals surface area contributed by atoms with Crippen LogP contribution in [0.2, 0.25) is 0 Å². The molecule has 0 amide bonds. The van der Waals surface area contributed by atoms with Gasteiger partial charge in [0.1, 0.15) is 10.6 Å². The third-order valence-electron chi connectivity index (χ3n) is 5.68. The Balaban J connectivity index is 1.87. The summed E-state index contributed by atoms with van der Waals surface area (Å²) < 4.78 is 18.0. The van der Waals surface area contributed by atoms with Crippen LogP contribution in [0.4, 0.5) is 0 Å². The SMILES string of the molecule is CCOC(=O)CSc1nc2sc3c(c2c(=O)n1-c1ccc(OC)cc1)C[C@@](C)(CC)OC3. The van der Waals surface area contributed by atoms with Gasteiger partial charge in [0, 0.05) is 11.3 Å². The Morgan fingerprint density at radius 1 is 1.31 bits per heavy atom. The minimum atomic E-state index is -0.342. The van der Waals surface area contributed by atoms with E-state index in [0.29, 0.717) is 46.4 Å². The summed E-state index contributed by atoms with van der Waals surface area (Å²) in [6.07, 6.45) is 1.53. The fourth-order valence-electron chi connectivity index (χ4n) is 3.71. The number of carbonyl (C=O) groups excluding carboxylic acids is 1. The lowest BCUT2D eigenvalue weighted by Gasteiger charge is -2.32. The molecule has 0 N–H and O–H groups in total. The summed E-state index contributed by atoms with van der Waals surface area (Å²) >= 11 is 2.70. The predicted octanol–water partition coefficient (Wildman–Crippen LogP) is 4.35. The summed E-state index contributed by atoms with van der Waals surface area (Å²) in [5.41, 5.74) is 1.27. The van der Waals surface area contributed by atoms with Gasteiger partial charge in [0.15, 0.2) is 5.16 Å². The molecule has 2 aromatic heterocycles. The van der Waals surface area contributed by atoms with Gasteiger partial charge in [0.05, 0.1) is 42.8 Å². The van der Waals surface area contributed by atoms with E-state index in [-0.39, 0.29) is 22.9 Å². The number of rotatable bonds is 7. The summed E-state index contributed by atoms with van der Waals surface area (Å²) in [6, 6.07) is 7.24. The van der Waals surface area contributed by atoms with Crippen molar-refractivity contribution in [3.8, 4) is 11.4 Å². The fourth-order valence-corrected chi connectivity index (χ4v) is 5.66. The molecule has 0 spiro atoms. The van der Waals surface area contributed by atoms with E-state index < -0.39 is 0 Å². The quantitative estimate of drug-likeness (QED) is 0.286. The Morgan fingerprint density at radius 3 is 2.72 bits per heavy atom. The fraction of sp³-hybridized carbons (Fsp3) is 0.435. The van der Waals surface area contributed by atoms with Crippen molar-refractivity contribution in [2.45, 2.75) is 51.0 Å². The second-order valence-corrected chi connectivity index (χ2v) is 9.81. The number of esters is 1. The Kier molecular flexibility index (Phi) is 6.60. The number of hydrogen-bond acceptors (Lipinski definition) is 8. The molecular weight excluding hydrogens is 448 g/mol. The van der Waals surface area contributed by atoms with Crippen LogP contribution in [0.5, 0.6) is 5.75 Å². The van der Waals surface area contributed by atoms with E-state index in [1.165, 1.54) is 23.1 Å². The van der Waals surface area contributed by atoms with Crippen LogP contribution in [-0.4, -0.2) is 40.6 Å². The molecule has 32 heavy (non-hydrogen) atoms. The Hall–Kier alpha value is -2.36. The average Bonchev–Trinajstić information content (AvgIpc) is 3.15. The van der Waals surface area contributed by atoms with Crippen LogP contribution >= 0.6 is 23.1 Å². The van der Waals surface area contributed by atoms with E-state index in [1.54, 1.807) is 30.7 Å². The molecule has 3 aromatic rings. The van der Waals surface area contributed by atoms with Crippen molar-refractivity contribution in [2.75, 3.05) is 19.5 Å². The monoisotopic (exact) mass is 474 g/mol. The van der Waals surface area contributed by atoms with Crippen molar-refractivity contribution in [2.24, 2.45) is 0 Å². The maximum atomic E-state index is 13.8. The van der Waals surface area contributed by atoms with Crippen molar-refractivity contribution >= 4 is 39.3 Å². The van der Waals surface area contributed by atoms with E-state index in [1.807, 2.05) is 12.1 Å². The zero-order chi connectivity index (χ0) is 22.9. The summed E-state index contributed by atoms with van der Waals surface area (Å²) in [7, 11) is 1.60. The Morgan fingerprint density at radius 2 is 2.06 bits per heavy atom. The number of hydrogen-bond donors (Lipinski definition) is 0. The third-order valence-corrected chi connectivity index (χ3v) is 7.69. The molecule has 1 aliphatic heterocycles. The topological polar surface area (TPSA) is 79.7 Å². The molecule has 0 saturated carbocycles. The maximum Gasteiger partial charge on any atom is 0.316 e. The van der Waals surface area contributed by atoms with Gasteiger partial charge in [-0.1, -0.05) is 18.7 Å². The lowest BCUT2D eigenvalue weighted by atomic mass is 9.90. The molecule has 0 fully saturated rings. The number of methoxy groups -OCH3 is 1. The van der Waals surface area contributed by atoms with Crippen LogP contribution < -0.4 is 10.3 Å². The summed E-state index contributed by atoms with van der Waals surface area (Å²) in [4.78, 5) is 32.3. The molecule has 3 heterocycles. The highest BCUT2D eigenvalue weighted by atomic mass is 32.2. The molecule has 7 nitrogen and oxygen atoms in total. The van der Waals surface area contributed by atoms with Crippen LogP contribution in [0.15, 0.2) is 34.2 Å². The van der Waals surface area contributed by atoms with Crippen molar-refractivity contribution < 1.29 is 19.0 Å². The lowest BCUT2D eigenvalue weighted by molar-refractivity contribution is -0.139. The first kappa shape index (κ1) is 22.8. The molecule has 0 saturated heterocycles. The molecule has 170 valence electrons. The number of aromatic nitrogens is 2. The van der Waals surface area contributed by atoms with Gasteiger partial charge < -0.3 is 14.2 Å². The zero-order valence-corrected chi connectivity index (χ0v) is 20.2. The highest BCUT2D eigenvalue weighted by Gasteiger charge is 2.33. The van der Waals surface area contributed by atoms with Gasteiger partial charge in [-0.2, -0.15) is 0 Å². The predicted molar refractivity (Wildman–Crippen MR) is 126 cm³/mol. The number of nitrogens with zero attached hydrogens (tertiary/aromatic N) is 2. The van der Waals surface area contributed by atoms with Crippen molar-refractivity contribution in [3.63, 3.8) is 0 Å². The second kappa shape index (κ2) is 9.25. The van der Waals surface area contributed by atoms with Gasteiger partial charge >= 0.3 is 5.97 Å². The van der Waals surface area contributed by atoms with Crippen LogP contribution in [0, 0.1) is 0 Å². The highest BCUT2D eigenvalue weighted by molar-refractivity contribution is 7.99. The largest absolute Gasteiger partial charge is 0.497 e.